The minimum Gasteiger partial charge on any atom is -0.465 e. The standard InChI is InChI=1S/C16H14N2O6/c1-10-4-3-5-12(15(10)16(20)23-2)17-13(19)8-6-11-7-9-14(24-11)18(21)22/h3-9H,1-2H3,(H,17,19)/b8-6+. The number of amides is 1. The van der Waals surface area contributed by atoms with Crippen molar-refractivity contribution in [3.8, 4) is 0 Å². The molecule has 0 aliphatic carbocycles. The Bertz CT molecular complexity index is 822. The van der Waals surface area contributed by atoms with Crippen LogP contribution >= 0.6 is 0 Å². The third kappa shape index (κ3) is 3.86. The maximum atomic E-state index is 12.0. The van der Waals surface area contributed by atoms with Crippen LogP contribution in [0.1, 0.15) is 21.7 Å². The maximum Gasteiger partial charge on any atom is 0.433 e. The van der Waals surface area contributed by atoms with E-state index in [9.17, 15) is 19.7 Å². The molecule has 0 saturated heterocycles. The van der Waals surface area contributed by atoms with Crippen molar-refractivity contribution in [3.05, 3.63) is 63.4 Å². The number of ether oxygens (including phenoxy) is 1. The summed E-state index contributed by atoms with van der Waals surface area (Å²) in [4.78, 5) is 33.6. The fourth-order valence-electron chi connectivity index (χ4n) is 2.01. The predicted molar refractivity (Wildman–Crippen MR) is 85.5 cm³/mol. The van der Waals surface area contributed by atoms with Crippen molar-refractivity contribution in [2.75, 3.05) is 12.4 Å². The Morgan fingerprint density at radius 2 is 2.04 bits per heavy atom. The van der Waals surface area contributed by atoms with Gasteiger partial charge in [0.05, 0.1) is 24.4 Å². The highest BCUT2D eigenvalue weighted by atomic mass is 16.6. The monoisotopic (exact) mass is 330 g/mol. The summed E-state index contributed by atoms with van der Waals surface area (Å²) in [7, 11) is 1.25. The molecule has 1 N–H and O–H groups in total. The second-order valence-corrected chi connectivity index (χ2v) is 4.74. The van der Waals surface area contributed by atoms with Crippen LogP contribution in [-0.4, -0.2) is 23.9 Å². The highest BCUT2D eigenvalue weighted by Gasteiger charge is 2.16. The molecule has 0 fully saturated rings. The summed E-state index contributed by atoms with van der Waals surface area (Å²) in [5.41, 5.74) is 1.22. The van der Waals surface area contributed by atoms with Crippen LogP contribution in [0.4, 0.5) is 11.6 Å². The van der Waals surface area contributed by atoms with Gasteiger partial charge in [-0.1, -0.05) is 12.1 Å². The average Bonchev–Trinajstić information content (AvgIpc) is 3.02. The third-order valence-electron chi connectivity index (χ3n) is 3.11. The van der Waals surface area contributed by atoms with E-state index in [4.69, 9.17) is 9.15 Å². The minimum absolute atomic E-state index is 0.161. The van der Waals surface area contributed by atoms with Crippen molar-refractivity contribution in [1.82, 2.24) is 0 Å². The van der Waals surface area contributed by atoms with Crippen LogP contribution in [0.5, 0.6) is 0 Å². The Hall–Kier alpha value is -3.42. The number of carbonyl (C=O) groups excluding carboxylic acids is 2. The number of nitrogens with one attached hydrogen (secondary N) is 1. The predicted octanol–water partition coefficient (Wildman–Crippen LogP) is 2.93. The number of rotatable bonds is 5. The van der Waals surface area contributed by atoms with Gasteiger partial charge in [-0.2, -0.15) is 0 Å². The molecule has 1 amide bonds. The highest BCUT2D eigenvalue weighted by Crippen LogP contribution is 2.21. The Labute approximate surface area is 136 Å². The lowest BCUT2D eigenvalue weighted by atomic mass is 10.1. The average molecular weight is 330 g/mol. The molecule has 0 aliphatic heterocycles. The number of hydrogen-bond acceptors (Lipinski definition) is 6. The molecule has 0 aliphatic rings. The third-order valence-corrected chi connectivity index (χ3v) is 3.11. The number of carbonyl (C=O) groups is 2. The zero-order chi connectivity index (χ0) is 17.7. The van der Waals surface area contributed by atoms with E-state index in [1.807, 2.05) is 0 Å². The highest BCUT2D eigenvalue weighted by molar-refractivity contribution is 6.06. The zero-order valence-corrected chi connectivity index (χ0v) is 12.9. The van der Waals surface area contributed by atoms with Crippen molar-refractivity contribution in [2.24, 2.45) is 0 Å². The molecule has 8 heteroatoms. The second-order valence-electron chi connectivity index (χ2n) is 4.74. The Morgan fingerprint density at radius 1 is 1.29 bits per heavy atom. The molecule has 1 aromatic heterocycles. The molecular weight excluding hydrogens is 316 g/mol. The van der Waals surface area contributed by atoms with Crippen molar-refractivity contribution in [2.45, 2.75) is 6.92 Å². The van der Waals surface area contributed by atoms with Gasteiger partial charge in [0.15, 0.2) is 0 Å². The van der Waals surface area contributed by atoms with Crippen LogP contribution in [-0.2, 0) is 9.53 Å². The van der Waals surface area contributed by atoms with Gasteiger partial charge in [0.2, 0.25) is 5.91 Å². The second kappa shape index (κ2) is 7.23. The first kappa shape index (κ1) is 16.9. The normalized spacial score (nSPS) is 10.6. The number of nitrogens with zero attached hydrogens (tertiary/aromatic N) is 1. The van der Waals surface area contributed by atoms with E-state index in [-0.39, 0.29) is 11.3 Å². The van der Waals surface area contributed by atoms with Gasteiger partial charge in [-0.15, -0.1) is 0 Å². The number of anilines is 1. The van der Waals surface area contributed by atoms with E-state index in [2.05, 4.69) is 5.32 Å². The van der Waals surface area contributed by atoms with Crippen molar-refractivity contribution >= 4 is 29.5 Å². The van der Waals surface area contributed by atoms with Gasteiger partial charge in [0.25, 0.3) is 0 Å². The molecule has 0 radical (unpaired) electrons. The quantitative estimate of drug-likeness (QED) is 0.390. The lowest BCUT2D eigenvalue weighted by Crippen LogP contribution is -2.14. The van der Waals surface area contributed by atoms with E-state index in [0.717, 1.165) is 6.08 Å². The van der Waals surface area contributed by atoms with Gasteiger partial charge in [-0.05, 0) is 30.7 Å². The summed E-state index contributed by atoms with van der Waals surface area (Å²) in [6.45, 7) is 1.72. The van der Waals surface area contributed by atoms with E-state index < -0.39 is 22.7 Å². The number of hydrogen-bond donors (Lipinski definition) is 1. The lowest BCUT2D eigenvalue weighted by molar-refractivity contribution is -0.402. The summed E-state index contributed by atoms with van der Waals surface area (Å²) < 4.78 is 9.61. The van der Waals surface area contributed by atoms with Crippen LogP contribution in [0, 0.1) is 17.0 Å². The van der Waals surface area contributed by atoms with Crippen molar-refractivity contribution in [3.63, 3.8) is 0 Å². The molecular formula is C16H14N2O6. The van der Waals surface area contributed by atoms with Gasteiger partial charge < -0.3 is 14.5 Å². The number of benzene rings is 1. The first-order chi connectivity index (χ1) is 11.4. The van der Waals surface area contributed by atoms with Gasteiger partial charge >= 0.3 is 11.9 Å². The van der Waals surface area contributed by atoms with Gasteiger partial charge in [0, 0.05) is 6.08 Å². The summed E-state index contributed by atoms with van der Waals surface area (Å²) >= 11 is 0. The summed E-state index contributed by atoms with van der Waals surface area (Å²) in [6.07, 6.45) is 2.43. The van der Waals surface area contributed by atoms with E-state index in [1.54, 1.807) is 25.1 Å². The SMILES string of the molecule is COC(=O)c1c(C)cccc1NC(=O)/C=C/c1ccc([N+](=O)[O-])o1. The van der Waals surface area contributed by atoms with Gasteiger partial charge in [0.1, 0.15) is 10.7 Å². The Kier molecular flexibility index (Phi) is 5.10. The Balaban J connectivity index is 2.15. The molecule has 1 heterocycles. The summed E-state index contributed by atoms with van der Waals surface area (Å²) in [5, 5.41) is 13.1. The van der Waals surface area contributed by atoms with Crippen LogP contribution < -0.4 is 5.32 Å². The largest absolute Gasteiger partial charge is 0.465 e. The molecule has 1 aromatic carbocycles. The molecule has 8 nitrogen and oxygen atoms in total. The first-order valence-electron chi connectivity index (χ1n) is 6.83. The van der Waals surface area contributed by atoms with Crippen molar-refractivity contribution < 1.29 is 23.7 Å². The molecule has 0 spiro atoms. The number of aryl methyl sites for hydroxylation is 1. The van der Waals surface area contributed by atoms with Crippen molar-refractivity contribution in [1.29, 1.82) is 0 Å². The Morgan fingerprint density at radius 3 is 2.67 bits per heavy atom. The fraction of sp³-hybridized carbons (Fsp3) is 0.125. The first-order valence-corrected chi connectivity index (χ1v) is 6.83. The number of furan rings is 1. The van der Waals surface area contributed by atoms with E-state index in [0.29, 0.717) is 11.3 Å². The van der Waals surface area contributed by atoms with Crippen LogP contribution in [0.25, 0.3) is 6.08 Å². The van der Waals surface area contributed by atoms with Crippen LogP contribution in [0.3, 0.4) is 0 Å². The van der Waals surface area contributed by atoms with Crippen LogP contribution in [0.2, 0.25) is 0 Å². The van der Waals surface area contributed by atoms with E-state index >= 15 is 0 Å². The molecule has 0 atom stereocenters. The topological polar surface area (TPSA) is 112 Å². The fourth-order valence-corrected chi connectivity index (χ4v) is 2.01. The van der Waals surface area contributed by atoms with E-state index in [1.165, 1.54) is 25.3 Å². The molecule has 0 unspecified atom stereocenters. The molecule has 0 saturated carbocycles. The van der Waals surface area contributed by atoms with Crippen LogP contribution in [0.15, 0.2) is 40.8 Å². The maximum absolute atomic E-state index is 12.0. The molecule has 0 bridgehead atoms. The lowest BCUT2D eigenvalue weighted by Gasteiger charge is -2.10. The molecule has 2 aromatic rings. The number of esters is 1. The zero-order valence-electron chi connectivity index (χ0n) is 12.9. The van der Waals surface area contributed by atoms with Gasteiger partial charge in [-0.25, -0.2) is 4.79 Å². The molecule has 2 rings (SSSR count). The smallest absolute Gasteiger partial charge is 0.433 e. The number of methoxy groups -OCH3 is 1. The summed E-state index contributed by atoms with van der Waals surface area (Å²) in [6, 6.07) is 7.54. The van der Waals surface area contributed by atoms with Gasteiger partial charge in [-0.3, -0.25) is 14.9 Å². The summed E-state index contributed by atoms with van der Waals surface area (Å²) in [5.74, 6) is -1.34. The number of nitro groups is 1. The molecule has 124 valence electrons. The molecule has 24 heavy (non-hydrogen) atoms. The minimum atomic E-state index is -0.674.